The van der Waals surface area contributed by atoms with Gasteiger partial charge in [0.25, 0.3) is 0 Å². The highest BCUT2D eigenvalue weighted by molar-refractivity contribution is 5.69. The second-order valence-electron chi connectivity index (χ2n) is 3.94. The van der Waals surface area contributed by atoms with Crippen molar-refractivity contribution >= 4 is 5.97 Å². The minimum atomic E-state index is -0.599. The van der Waals surface area contributed by atoms with Gasteiger partial charge >= 0.3 is 5.97 Å². The summed E-state index contributed by atoms with van der Waals surface area (Å²) in [4.78, 5) is 11.4. The van der Waals surface area contributed by atoms with Gasteiger partial charge < -0.3 is 9.47 Å². The number of rotatable bonds is 6. The standard InChI is InChI=1S/C14H20O3/c1-4-11(3)16-14(17-13(15)5-2)12-9-7-6-8-10-12/h6-11,14H,4-5H2,1-3H3. The van der Waals surface area contributed by atoms with Gasteiger partial charge in [-0.2, -0.15) is 0 Å². The zero-order chi connectivity index (χ0) is 12.7. The van der Waals surface area contributed by atoms with Crippen LogP contribution in [0.1, 0.15) is 45.5 Å². The first-order valence-electron chi connectivity index (χ1n) is 6.07. The van der Waals surface area contributed by atoms with E-state index >= 15 is 0 Å². The molecule has 0 heterocycles. The number of esters is 1. The van der Waals surface area contributed by atoms with Gasteiger partial charge in [-0.05, 0) is 13.3 Å². The number of carbonyl (C=O) groups excluding carboxylic acids is 1. The molecule has 0 bridgehead atoms. The Kier molecular flexibility index (Phi) is 5.70. The zero-order valence-electron chi connectivity index (χ0n) is 10.7. The maximum Gasteiger partial charge on any atom is 0.308 e. The number of carbonyl (C=O) groups is 1. The molecule has 3 heteroatoms. The molecule has 17 heavy (non-hydrogen) atoms. The lowest BCUT2D eigenvalue weighted by molar-refractivity contribution is -0.190. The zero-order valence-corrected chi connectivity index (χ0v) is 10.7. The summed E-state index contributed by atoms with van der Waals surface area (Å²) in [6.45, 7) is 5.78. The van der Waals surface area contributed by atoms with Crippen LogP contribution in [-0.2, 0) is 14.3 Å². The summed E-state index contributed by atoms with van der Waals surface area (Å²) in [5, 5.41) is 0. The van der Waals surface area contributed by atoms with Crippen molar-refractivity contribution in [2.45, 2.75) is 46.0 Å². The summed E-state index contributed by atoms with van der Waals surface area (Å²) >= 11 is 0. The fourth-order valence-corrected chi connectivity index (χ4v) is 1.29. The van der Waals surface area contributed by atoms with Gasteiger partial charge in [0.15, 0.2) is 0 Å². The van der Waals surface area contributed by atoms with Crippen molar-refractivity contribution in [3.05, 3.63) is 35.9 Å². The van der Waals surface area contributed by atoms with Crippen LogP contribution in [0.2, 0.25) is 0 Å². The highest BCUT2D eigenvalue weighted by Gasteiger charge is 2.18. The molecular weight excluding hydrogens is 216 g/mol. The fraction of sp³-hybridized carbons (Fsp3) is 0.500. The van der Waals surface area contributed by atoms with Crippen LogP contribution in [0.15, 0.2) is 30.3 Å². The summed E-state index contributed by atoms with van der Waals surface area (Å²) in [5.74, 6) is -0.248. The molecule has 0 fully saturated rings. The topological polar surface area (TPSA) is 35.5 Å². The van der Waals surface area contributed by atoms with Crippen molar-refractivity contribution in [1.29, 1.82) is 0 Å². The van der Waals surface area contributed by atoms with E-state index in [4.69, 9.17) is 9.47 Å². The van der Waals surface area contributed by atoms with Gasteiger partial charge in [-0.25, -0.2) is 0 Å². The minimum Gasteiger partial charge on any atom is -0.431 e. The molecule has 0 spiro atoms. The molecular formula is C14H20O3. The van der Waals surface area contributed by atoms with Crippen LogP contribution in [0.5, 0.6) is 0 Å². The quantitative estimate of drug-likeness (QED) is 0.560. The van der Waals surface area contributed by atoms with E-state index in [0.29, 0.717) is 6.42 Å². The number of ether oxygens (including phenoxy) is 2. The van der Waals surface area contributed by atoms with Gasteiger partial charge in [-0.3, -0.25) is 4.79 Å². The van der Waals surface area contributed by atoms with Gasteiger partial charge in [0.2, 0.25) is 6.29 Å². The van der Waals surface area contributed by atoms with E-state index in [2.05, 4.69) is 0 Å². The lowest BCUT2D eigenvalue weighted by atomic mass is 10.2. The molecule has 1 rings (SSSR count). The normalized spacial score (nSPS) is 14.1. The summed E-state index contributed by atoms with van der Waals surface area (Å²) < 4.78 is 11.0. The van der Waals surface area contributed by atoms with Gasteiger partial charge in [-0.1, -0.05) is 44.2 Å². The Labute approximate surface area is 103 Å². The Morgan fingerprint density at radius 2 is 1.88 bits per heavy atom. The predicted octanol–water partition coefficient (Wildman–Crippen LogP) is 3.45. The lowest BCUT2D eigenvalue weighted by Crippen LogP contribution is -2.18. The van der Waals surface area contributed by atoms with E-state index in [9.17, 15) is 4.79 Å². The van der Waals surface area contributed by atoms with Gasteiger partial charge in [0.05, 0.1) is 6.10 Å². The fourth-order valence-electron chi connectivity index (χ4n) is 1.29. The molecule has 0 N–H and O–H groups in total. The van der Waals surface area contributed by atoms with Crippen molar-refractivity contribution in [3.8, 4) is 0 Å². The second-order valence-corrected chi connectivity index (χ2v) is 3.94. The van der Waals surface area contributed by atoms with Crippen LogP contribution < -0.4 is 0 Å². The number of benzene rings is 1. The highest BCUT2D eigenvalue weighted by atomic mass is 16.7. The number of hydrogen-bond acceptors (Lipinski definition) is 3. The molecule has 1 aromatic rings. The van der Waals surface area contributed by atoms with Crippen molar-refractivity contribution in [3.63, 3.8) is 0 Å². The molecule has 2 unspecified atom stereocenters. The Morgan fingerprint density at radius 1 is 1.24 bits per heavy atom. The molecule has 0 amide bonds. The maximum atomic E-state index is 11.4. The SMILES string of the molecule is CCC(=O)OC(OC(C)CC)c1ccccc1. The average molecular weight is 236 g/mol. The molecule has 0 aliphatic heterocycles. The molecule has 0 radical (unpaired) electrons. The Bertz CT molecular complexity index is 335. The average Bonchev–Trinajstić information content (AvgIpc) is 2.38. The van der Waals surface area contributed by atoms with E-state index in [1.807, 2.05) is 44.2 Å². The van der Waals surface area contributed by atoms with Crippen LogP contribution in [-0.4, -0.2) is 12.1 Å². The molecule has 0 aliphatic carbocycles. The highest BCUT2D eigenvalue weighted by Crippen LogP contribution is 2.21. The van der Waals surface area contributed by atoms with Crippen LogP contribution in [0, 0.1) is 0 Å². The monoisotopic (exact) mass is 236 g/mol. The van der Waals surface area contributed by atoms with Crippen LogP contribution >= 0.6 is 0 Å². The summed E-state index contributed by atoms with van der Waals surface area (Å²) in [5.41, 5.74) is 0.870. The molecule has 0 saturated carbocycles. The molecule has 2 atom stereocenters. The third kappa shape index (κ3) is 4.57. The number of hydrogen-bond donors (Lipinski definition) is 0. The van der Waals surface area contributed by atoms with Crippen molar-refractivity contribution in [1.82, 2.24) is 0 Å². The molecule has 0 aliphatic rings. The van der Waals surface area contributed by atoms with Crippen LogP contribution in [0.3, 0.4) is 0 Å². The summed E-state index contributed by atoms with van der Waals surface area (Å²) in [7, 11) is 0. The second kappa shape index (κ2) is 7.07. The Hall–Kier alpha value is -1.35. The molecule has 0 aromatic heterocycles. The third-order valence-electron chi connectivity index (χ3n) is 2.53. The van der Waals surface area contributed by atoms with Gasteiger partial charge in [0.1, 0.15) is 0 Å². The minimum absolute atomic E-state index is 0.0601. The molecule has 3 nitrogen and oxygen atoms in total. The smallest absolute Gasteiger partial charge is 0.308 e. The predicted molar refractivity (Wildman–Crippen MR) is 66.4 cm³/mol. The van der Waals surface area contributed by atoms with E-state index in [1.165, 1.54) is 0 Å². The van der Waals surface area contributed by atoms with E-state index in [-0.39, 0.29) is 12.1 Å². The lowest BCUT2D eigenvalue weighted by Gasteiger charge is -2.22. The summed E-state index contributed by atoms with van der Waals surface area (Å²) in [6, 6.07) is 9.53. The van der Waals surface area contributed by atoms with Crippen LogP contribution in [0.25, 0.3) is 0 Å². The molecule has 1 aromatic carbocycles. The molecule has 0 saturated heterocycles. The van der Waals surface area contributed by atoms with E-state index in [1.54, 1.807) is 6.92 Å². The van der Waals surface area contributed by atoms with Gasteiger partial charge in [0, 0.05) is 12.0 Å². The van der Waals surface area contributed by atoms with Crippen molar-refractivity contribution in [2.24, 2.45) is 0 Å². The Morgan fingerprint density at radius 3 is 2.41 bits per heavy atom. The van der Waals surface area contributed by atoms with E-state index < -0.39 is 6.29 Å². The van der Waals surface area contributed by atoms with E-state index in [0.717, 1.165) is 12.0 Å². The maximum absolute atomic E-state index is 11.4. The largest absolute Gasteiger partial charge is 0.431 e. The first kappa shape index (κ1) is 13.7. The summed E-state index contributed by atoms with van der Waals surface area (Å²) in [6.07, 6.45) is 0.698. The first-order chi connectivity index (χ1) is 8.17. The first-order valence-corrected chi connectivity index (χ1v) is 6.07. The van der Waals surface area contributed by atoms with Gasteiger partial charge in [-0.15, -0.1) is 0 Å². The van der Waals surface area contributed by atoms with Crippen molar-refractivity contribution < 1.29 is 14.3 Å². The van der Waals surface area contributed by atoms with Crippen LogP contribution in [0.4, 0.5) is 0 Å². The Balaban J connectivity index is 2.75. The molecule has 94 valence electrons. The van der Waals surface area contributed by atoms with Crippen molar-refractivity contribution in [2.75, 3.05) is 0 Å². The third-order valence-corrected chi connectivity index (χ3v) is 2.53.